The number of hydrogen-bond donors (Lipinski definition) is 2. The molecule has 0 saturated carbocycles. The van der Waals surface area contributed by atoms with E-state index in [4.69, 9.17) is 4.74 Å². The number of carbonyl (C=O) groups excluding carboxylic acids is 1. The van der Waals surface area contributed by atoms with E-state index in [9.17, 15) is 14.4 Å². The molecular formula is C21H28N4O4. The zero-order valence-electron chi connectivity index (χ0n) is 16.9. The van der Waals surface area contributed by atoms with Crippen LogP contribution < -0.4 is 16.6 Å². The SMILES string of the molecule is C=C(/C=C\C=C/C)[C@H]1CCc2c([nH]c(=O)n(C3CCN(C(=O)OC)CC3)c2=O)N1. The number of aromatic nitrogens is 2. The molecular weight excluding hydrogens is 372 g/mol. The van der Waals surface area contributed by atoms with Gasteiger partial charge in [0, 0.05) is 19.1 Å². The molecule has 3 heterocycles. The first kappa shape index (κ1) is 20.7. The monoisotopic (exact) mass is 400 g/mol. The average Bonchev–Trinajstić information content (AvgIpc) is 2.73. The summed E-state index contributed by atoms with van der Waals surface area (Å²) in [6, 6.07) is -0.257. The lowest BCUT2D eigenvalue weighted by Crippen LogP contribution is -2.47. The minimum absolute atomic E-state index is 0.0294. The van der Waals surface area contributed by atoms with Gasteiger partial charge in [-0.1, -0.05) is 30.9 Å². The highest BCUT2D eigenvalue weighted by Gasteiger charge is 2.29. The van der Waals surface area contributed by atoms with Crippen molar-refractivity contribution in [3.8, 4) is 0 Å². The van der Waals surface area contributed by atoms with E-state index in [0.717, 1.165) is 12.0 Å². The molecule has 2 N–H and O–H groups in total. The molecule has 3 rings (SSSR count). The van der Waals surface area contributed by atoms with E-state index >= 15 is 0 Å². The van der Waals surface area contributed by atoms with Crippen molar-refractivity contribution in [2.24, 2.45) is 0 Å². The number of likely N-dealkylation sites (tertiary alicyclic amines) is 1. The molecule has 1 saturated heterocycles. The van der Waals surface area contributed by atoms with Crippen LogP contribution in [0.15, 0.2) is 46.0 Å². The Morgan fingerprint density at radius 1 is 1.21 bits per heavy atom. The van der Waals surface area contributed by atoms with Crippen LogP contribution in [0.5, 0.6) is 0 Å². The Balaban J connectivity index is 1.78. The van der Waals surface area contributed by atoms with Crippen molar-refractivity contribution in [3.63, 3.8) is 0 Å². The molecule has 8 heteroatoms. The Bertz CT molecular complexity index is 948. The van der Waals surface area contributed by atoms with Crippen molar-refractivity contribution in [2.45, 2.75) is 44.7 Å². The van der Waals surface area contributed by atoms with Gasteiger partial charge in [0.25, 0.3) is 5.56 Å². The smallest absolute Gasteiger partial charge is 0.409 e. The number of allylic oxidation sites excluding steroid dienone is 3. The van der Waals surface area contributed by atoms with Gasteiger partial charge in [0.1, 0.15) is 5.82 Å². The molecule has 1 aromatic heterocycles. The van der Waals surface area contributed by atoms with Gasteiger partial charge < -0.3 is 15.0 Å². The van der Waals surface area contributed by atoms with Crippen LogP contribution in [0.3, 0.4) is 0 Å². The topological polar surface area (TPSA) is 96.4 Å². The van der Waals surface area contributed by atoms with Crippen LogP contribution in [0.25, 0.3) is 0 Å². The maximum atomic E-state index is 13.0. The molecule has 0 aromatic carbocycles. The van der Waals surface area contributed by atoms with E-state index in [1.165, 1.54) is 11.7 Å². The number of hydrogen-bond acceptors (Lipinski definition) is 5. The van der Waals surface area contributed by atoms with Crippen LogP contribution in [0.1, 0.15) is 37.8 Å². The lowest BCUT2D eigenvalue weighted by Gasteiger charge is -2.32. The third kappa shape index (κ3) is 4.36. The van der Waals surface area contributed by atoms with Crippen molar-refractivity contribution in [2.75, 3.05) is 25.5 Å². The maximum absolute atomic E-state index is 13.0. The molecule has 8 nitrogen and oxygen atoms in total. The number of anilines is 1. The molecule has 0 aliphatic carbocycles. The van der Waals surface area contributed by atoms with Gasteiger partial charge in [0.2, 0.25) is 0 Å². The van der Waals surface area contributed by atoms with Crippen molar-refractivity contribution < 1.29 is 9.53 Å². The minimum Gasteiger partial charge on any atom is -0.453 e. The van der Waals surface area contributed by atoms with Gasteiger partial charge in [-0.05, 0) is 38.2 Å². The van der Waals surface area contributed by atoms with E-state index in [1.807, 2.05) is 31.2 Å². The van der Waals surface area contributed by atoms with E-state index < -0.39 is 5.69 Å². The number of carbonyl (C=O) groups is 1. The fourth-order valence-electron chi connectivity index (χ4n) is 3.93. The third-order valence-electron chi connectivity index (χ3n) is 5.55. The summed E-state index contributed by atoms with van der Waals surface area (Å²) in [5.41, 5.74) is 0.824. The van der Waals surface area contributed by atoms with E-state index in [-0.39, 0.29) is 23.7 Å². The number of piperidine rings is 1. The summed E-state index contributed by atoms with van der Waals surface area (Å²) in [6.07, 6.45) is 9.70. The van der Waals surface area contributed by atoms with Gasteiger partial charge >= 0.3 is 11.8 Å². The van der Waals surface area contributed by atoms with Crippen molar-refractivity contribution in [1.82, 2.24) is 14.5 Å². The predicted octanol–water partition coefficient (Wildman–Crippen LogP) is 2.36. The fourth-order valence-corrected chi connectivity index (χ4v) is 3.93. The summed E-state index contributed by atoms with van der Waals surface area (Å²) in [4.78, 5) is 41.8. The number of nitrogens with zero attached hydrogens (tertiary/aromatic N) is 2. The second-order valence-electron chi connectivity index (χ2n) is 7.34. The zero-order valence-corrected chi connectivity index (χ0v) is 16.9. The molecule has 29 heavy (non-hydrogen) atoms. The van der Waals surface area contributed by atoms with Crippen molar-refractivity contribution in [3.05, 3.63) is 62.9 Å². The fraction of sp³-hybridized carbons (Fsp3) is 0.476. The summed E-state index contributed by atoms with van der Waals surface area (Å²) in [6.45, 7) is 6.94. The van der Waals surface area contributed by atoms with Crippen LogP contribution in [-0.2, 0) is 11.2 Å². The number of nitrogens with one attached hydrogen (secondary N) is 2. The summed E-state index contributed by atoms with van der Waals surface area (Å²) < 4.78 is 6.06. The Labute approximate surface area is 169 Å². The van der Waals surface area contributed by atoms with Crippen LogP contribution in [0, 0.1) is 0 Å². The molecule has 2 aliphatic heterocycles. The van der Waals surface area contributed by atoms with Gasteiger partial charge in [-0.15, -0.1) is 0 Å². The Kier molecular flexibility index (Phi) is 6.41. The number of ether oxygens (including phenoxy) is 1. The lowest BCUT2D eigenvalue weighted by atomic mass is 9.96. The molecule has 1 fully saturated rings. The van der Waals surface area contributed by atoms with Crippen LogP contribution in [0.2, 0.25) is 0 Å². The number of fused-ring (bicyclic) bond motifs is 1. The number of methoxy groups -OCH3 is 1. The highest BCUT2D eigenvalue weighted by atomic mass is 16.5. The summed E-state index contributed by atoms with van der Waals surface area (Å²) >= 11 is 0. The molecule has 1 amide bonds. The molecule has 0 spiro atoms. The zero-order chi connectivity index (χ0) is 21.0. The second-order valence-corrected chi connectivity index (χ2v) is 7.34. The number of amides is 1. The lowest BCUT2D eigenvalue weighted by molar-refractivity contribution is 0.106. The van der Waals surface area contributed by atoms with Gasteiger partial charge in [-0.3, -0.25) is 14.3 Å². The first-order valence-corrected chi connectivity index (χ1v) is 9.91. The molecule has 0 radical (unpaired) electrons. The first-order valence-electron chi connectivity index (χ1n) is 9.91. The van der Waals surface area contributed by atoms with Gasteiger partial charge in [0.15, 0.2) is 0 Å². The van der Waals surface area contributed by atoms with Crippen LogP contribution >= 0.6 is 0 Å². The van der Waals surface area contributed by atoms with Crippen molar-refractivity contribution in [1.29, 1.82) is 0 Å². The minimum atomic E-state index is -0.423. The number of H-pyrrole nitrogens is 1. The molecule has 1 aromatic rings. The quantitative estimate of drug-likeness (QED) is 0.757. The molecule has 0 unspecified atom stereocenters. The number of aromatic amines is 1. The largest absolute Gasteiger partial charge is 0.453 e. The molecule has 1 atom stereocenters. The van der Waals surface area contributed by atoms with Crippen LogP contribution in [-0.4, -0.2) is 46.8 Å². The first-order chi connectivity index (χ1) is 14.0. The summed E-state index contributed by atoms with van der Waals surface area (Å²) in [5, 5.41) is 3.25. The average molecular weight is 400 g/mol. The molecule has 156 valence electrons. The van der Waals surface area contributed by atoms with E-state index in [2.05, 4.69) is 16.9 Å². The third-order valence-corrected chi connectivity index (χ3v) is 5.55. The molecule has 0 bridgehead atoms. The van der Waals surface area contributed by atoms with Gasteiger partial charge in [0.05, 0.1) is 18.7 Å². The Hall–Kier alpha value is -3.03. The number of rotatable bonds is 4. The van der Waals surface area contributed by atoms with Crippen LogP contribution in [0.4, 0.5) is 10.6 Å². The van der Waals surface area contributed by atoms with Crippen molar-refractivity contribution >= 4 is 11.9 Å². The second kappa shape index (κ2) is 8.98. The summed E-state index contributed by atoms with van der Waals surface area (Å²) in [7, 11) is 1.35. The van der Waals surface area contributed by atoms with Gasteiger partial charge in [-0.25, -0.2) is 9.59 Å². The van der Waals surface area contributed by atoms with E-state index in [1.54, 1.807) is 4.90 Å². The highest BCUT2D eigenvalue weighted by Crippen LogP contribution is 2.25. The van der Waals surface area contributed by atoms with Gasteiger partial charge in [-0.2, -0.15) is 0 Å². The molecule has 2 aliphatic rings. The van der Waals surface area contributed by atoms with E-state index in [0.29, 0.717) is 43.7 Å². The summed E-state index contributed by atoms with van der Waals surface area (Å²) in [5.74, 6) is 0.486. The highest BCUT2D eigenvalue weighted by molar-refractivity contribution is 5.67. The normalized spacial score (nSPS) is 19.9. The standard InChI is InChI=1S/C21H28N4O4/c1-4-5-6-7-14(2)17-9-8-16-18(22-17)23-20(27)25(19(16)26)15-10-12-24(13-11-15)21(28)29-3/h4-7,15,17,22H,2,8-13H2,1,3H3,(H,23,27)/b5-4-,7-6-/t17-/m1/s1. The predicted molar refractivity (Wildman–Crippen MR) is 112 cm³/mol. The maximum Gasteiger partial charge on any atom is 0.409 e. The Morgan fingerprint density at radius 2 is 1.93 bits per heavy atom. The Morgan fingerprint density at radius 3 is 2.59 bits per heavy atom.